The zero-order chi connectivity index (χ0) is 9.10. The Morgan fingerprint density at radius 3 is 2.77 bits per heavy atom. The van der Waals surface area contributed by atoms with Gasteiger partial charge in [0.15, 0.2) is 0 Å². The molecule has 0 heterocycles. The van der Waals surface area contributed by atoms with Gasteiger partial charge in [0.2, 0.25) is 0 Å². The molecular weight excluding hydrogens is 158 g/mol. The smallest absolute Gasteiger partial charge is 0.0983 e. The van der Waals surface area contributed by atoms with E-state index in [4.69, 9.17) is 5.26 Å². The van der Waals surface area contributed by atoms with Gasteiger partial charge in [-0.1, -0.05) is 23.8 Å². The summed E-state index contributed by atoms with van der Waals surface area (Å²) in [6, 6.07) is 17.8. The predicted molar refractivity (Wildman–Crippen MR) is 52.2 cm³/mol. The molecule has 0 aliphatic heterocycles. The fraction of sp³-hybridized carbons (Fsp3) is 0. The van der Waals surface area contributed by atoms with Crippen LogP contribution < -0.4 is 0 Å². The maximum atomic E-state index is 8.71. The van der Waals surface area contributed by atoms with Crippen LogP contribution in [0.2, 0.25) is 0 Å². The summed E-state index contributed by atoms with van der Waals surface area (Å²) in [6.07, 6.45) is 0. The zero-order valence-electron chi connectivity index (χ0n) is 7.07. The van der Waals surface area contributed by atoms with E-state index in [-0.39, 0.29) is 0 Å². The summed E-state index contributed by atoms with van der Waals surface area (Å²) in [6.45, 7) is 0. The van der Waals surface area contributed by atoms with Crippen LogP contribution in [0.1, 0.15) is 5.56 Å². The van der Waals surface area contributed by atoms with E-state index < -0.39 is 0 Å². The second kappa shape index (κ2) is 3.20. The van der Waals surface area contributed by atoms with E-state index in [1.165, 1.54) is 0 Å². The fourth-order valence-corrected chi connectivity index (χ4v) is 1.33. The van der Waals surface area contributed by atoms with E-state index in [0.29, 0.717) is 5.56 Å². The molecule has 2 rings (SSSR count). The Balaban J connectivity index is 2.49. The highest BCUT2D eigenvalue weighted by Gasteiger charge is 1.91. The number of rotatable bonds is 1. The Morgan fingerprint density at radius 1 is 1.15 bits per heavy atom. The molecule has 1 heteroatoms. The maximum Gasteiger partial charge on any atom is 0.0983 e. The van der Waals surface area contributed by atoms with Gasteiger partial charge in [-0.3, -0.25) is 0 Å². The van der Waals surface area contributed by atoms with Gasteiger partial charge in [0.05, 0.1) is 6.07 Å². The Hall–Kier alpha value is -1.94. The molecule has 0 aliphatic carbocycles. The summed E-state index contributed by atoms with van der Waals surface area (Å²) in [5, 5.41) is 8.71. The molecule has 2 aromatic rings. The first-order chi connectivity index (χ1) is 6.40. The van der Waals surface area contributed by atoms with Crippen LogP contribution in [0.4, 0.5) is 0 Å². The highest BCUT2D eigenvalue weighted by Crippen LogP contribution is 2.20. The van der Waals surface area contributed by atoms with Gasteiger partial charge in [0.25, 0.3) is 0 Å². The SMILES string of the molecule is N#Cc1cccc(-c2ccc[cH-]2)c1. The van der Waals surface area contributed by atoms with Gasteiger partial charge in [-0.05, 0) is 6.07 Å². The molecule has 0 radical (unpaired) electrons. The summed E-state index contributed by atoms with van der Waals surface area (Å²) < 4.78 is 0. The number of hydrogen-bond acceptors (Lipinski definition) is 1. The number of nitrogens with zero attached hydrogens (tertiary/aromatic N) is 1. The van der Waals surface area contributed by atoms with E-state index in [0.717, 1.165) is 11.1 Å². The van der Waals surface area contributed by atoms with Gasteiger partial charge in [-0.25, -0.2) is 0 Å². The Bertz CT molecular complexity index is 432. The lowest BCUT2D eigenvalue weighted by molar-refractivity contribution is 1.48. The molecule has 0 fully saturated rings. The molecule has 0 spiro atoms. The van der Waals surface area contributed by atoms with E-state index in [1.807, 2.05) is 48.5 Å². The monoisotopic (exact) mass is 166 g/mol. The summed E-state index contributed by atoms with van der Waals surface area (Å²) in [5.74, 6) is 0. The molecule has 0 saturated carbocycles. The third-order valence-electron chi connectivity index (χ3n) is 1.99. The average molecular weight is 166 g/mol. The van der Waals surface area contributed by atoms with E-state index >= 15 is 0 Å². The van der Waals surface area contributed by atoms with Crippen molar-refractivity contribution in [3.05, 3.63) is 54.1 Å². The van der Waals surface area contributed by atoms with Crippen molar-refractivity contribution < 1.29 is 0 Å². The van der Waals surface area contributed by atoms with E-state index in [2.05, 4.69) is 6.07 Å². The quantitative estimate of drug-likeness (QED) is 0.597. The second-order valence-corrected chi connectivity index (χ2v) is 2.87. The Kier molecular flexibility index (Phi) is 1.90. The highest BCUT2D eigenvalue weighted by molar-refractivity contribution is 5.65. The first-order valence-corrected chi connectivity index (χ1v) is 4.12. The zero-order valence-corrected chi connectivity index (χ0v) is 7.07. The fourth-order valence-electron chi connectivity index (χ4n) is 1.33. The van der Waals surface area contributed by atoms with Crippen LogP contribution in [0.25, 0.3) is 11.1 Å². The van der Waals surface area contributed by atoms with E-state index in [1.54, 1.807) is 0 Å². The van der Waals surface area contributed by atoms with Gasteiger partial charge in [0, 0.05) is 5.56 Å². The van der Waals surface area contributed by atoms with Crippen molar-refractivity contribution >= 4 is 0 Å². The van der Waals surface area contributed by atoms with Crippen LogP contribution in [-0.4, -0.2) is 0 Å². The van der Waals surface area contributed by atoms with Crippen molar-refractivity contribution in [2.24, 2.45) is 0 Å². The van der Waals surface area contributed by atoms with Gasteiger partial charge < -0.3 is 0 Å². The number of benzene rings is 1. The minimum Gasteiger partial charge on any atom is -0.192 e. The summed E-state index contributed by atoms with van der Waals surface area (Å²) in [5.41, 5.74) is 2.97. The van der Waals surface area contributed by atoms with Crippen LogP contribution in [0, 0.1) is 11.3 Å². The van der Waals surface area contributed by atoms with Crippen LogP contribution in [0.15, 0.2) is 48.5 Å². The third kappa shape index (κ3) is 1.47. The molecule has 1 nitrogen and oxygen atoms in total. The van der Waals surface area contributed by atoms with Gasteiger partial charge in [-0.15, -0.1) is 6.07 Å². The first kappa shape index (κ1) is 7.70. The van der Waals surface area contributed by atoms with Crippen molar-refractivity contribution in [2.45, 2.75) is 0 Å². The maximum absolute atomic E-state index is 8.71. The molecule has 13 heavy (non-hydrogen) atoms. The van der Waals surface area contributed by atoms with Crippen molar-refractivity contribution in [1.29, 1.82) is 5.26 Å². The molecule has 62 valence electrons. The molecular formula is C12H8N-. The Labute approximate surface area is 77.2 Å². The highest BCUT2D eigenvalue weighted by atomic mass is 14.2. The summed E-state index contributed by atoms with van der Waals surface area (Å²) >= 11 is 0. The lowest BCUT2D eigenvalue weighted by Gasteiger charge is -2.04. The van der Waals surface area contributed by atoms with Crippen LogP contribution in [0.5, 0.6) is 0 Å². The molecule has 0 unspecified atom stereocenters. The topological polar surface area (TPSA) is 23.8 Å². The molecule has 0 aliphatic rings. The number of hydrogen-bond donors (Lipinski definition) is 0. The van der Waals surface area contributed by atoms with Gasteiger partial charge in [0.1, 0.15) is 0 Å². The van der Waals surface area contributed by atoms with Crippen molar-refractivity contribution in [2.75, 3.05) is 0 Å². The molecule has 0 amide bonds. The predicted octanol–water partition coefficient (Wildman–Crippen LogP) is 2.94. The normalized spacial score (nSPS) is 9.46. The van der Waals surface area contributed by atoms with Crippen LogP contribution in [-0.2, 0) is 0 Å². The second-order valence-electron chi connectivity index (χ2n) is 2.87. The van der Waals surface area contributed by atoms with Crippen LogP contribution in [0.3, 0.4) is 0 Å². The lowest BCUT2D eigenvalue weighted by atomic mass is 10.1. The minimum absolute atomic E-state index is 0.707. The van der Waals surface area contributed by atoms with Gasteiger partial charge >= 0.3 is 0 Å². The van der Waals surface area contributed by atoms with Gasteiger partial charge in [-0.2, -0.15) is 29.0 Å². The molecule has 2 aromatic carbocycles. The summed E-state index contributed by atoms with van der Waals surface area (Å²) in [4.78, 5) is 0. The standard InChI is InChI=1S/C12H8N/c13-9-10-4-3-7-12(8-10)11-5-1-2-6-11/h1-8H/q-1. The van der Waals surface area contributed by atoms with Crippen molar-refractivity contribution in [3.63, 3.8) is 0 Å². The summed E-state index contributed by atoms with van der Waals surface area (Å²) in [7, 11) is 0. The minimum atomic E-state index is 0.707. The molecule has 0 N–H and O–H groups in total. The number of nitriles is 1. The Morgan fingerprint density at radius 2 is 2.08 bits per heavy atom. The third-order valence-corrected chi connectivity index (χ3v) is 1.99. The first-order valence-electron chi connectivity index (χ1n) is 4.12. The lowest BCUT2D eigenvalue weighted by Crippen LogP contribution is -1.76. The average Bonchev–Trinajstić information content (AvgIpc) is 2.71. The van der Waals surface area contributed by atoms with Crippen molar-refractivity contribution in [3.8, 4) is 17.2 Å². The molecule has 0 atom stereocenters. The van der Waals surface area contributed by atoms with Crippen LogP contribution >= 0.6 is 0 Å². The van der Waals surface area contributed by atoms with E-state index in [9.17, 15) is 0 Å². The molecule has 0 saturated heterocycles. The molecule has 0 bridgehead atoms. The largest absolute Gasteiger partial charge is 0.192 e. The molecule has 0 aromatic heterocycles. The van der Waals surface area contributed by atoms with Crippen molar-refractivity contribution in [1.82, 2.24) is 0 Å².